The van der Waals surface area contributed by atoms with Crippen molar-refractivity contribution in [2.24, 2.45) is 0 Å². The number of piperidine rings is 1. The van der Waals surface area contributed by atoms with Crippen LogP contribution in [0.5, 0.6) is 0 Å². The highest BCUT2D eigenvalue weighted by atomic mass is 35.5. The molecular weight excluding hydrogens is 275 g/mol. The van der Waals surface area contributed by atoms with Gasteiger partial charge in [0.15, 0.2) is 0 Å². The van der Waals surface area contributed by atoms with E-state index in [1.807, 2.05) is 0 Å². The van der Waals surface area contributed by atoms with Crippen molar-refractivity contribution in [1.82, 2.24) is 10.2 Å². The fraction of sp³-hybridized carbons (Fsp3) is 0.500. The summed E-state index contributed by atoms with van der Waals surface area (Å²) in [6.45, 7) is 7.75. The van der Waals surface area contributed by atoms with Gasteiger partial charge in [-0.1, -0.05) is 24.2 Å². The van der Waals surface area contributed by atoms with Crippen molar-refractivity contribution in [3.05, 3.63) is 47.4 Å². The van der Waals surface area contributed by atoms with Gasteiger partial charge in [0, 0.05) is 23.3 Å². The number of hydrogen-bond donors (Lipinski definition) is 1. The average molecular weight is 297 g/mol. The molecule has 2 nitrogen and oxygen atoms in total. The van der Waals surface area contributed by atoms with Gasteiger partial charge in [-0.05, 0) is 57.0 Å². The van der Waals surface area contributed by atoms with Gasteiger partial charge in [-0.25, -0.2) is 4.39 Å². The average Bonchev–Trinajstić information content (AvgIpc) is 2.86. The molecule has 2 aliphatic rings. The molecule has 0 bridgehead atoms. The zero-order valence-electron chi connectivity index (χ0n) is 11.7. The third-order valence-corrected chi connectivity index (χ3v) is 4.04. The van der Waals surface area contributed by atoms with Crippen molar-refractivity contribution in [3.63, 3.8) is 0 Å². The predicted octanol–water partition coefficient (Wildman–Crippen LogP) is 3.83. The first-order valence-electron chi connectivity index (χ1n) is 7.23. The number of rotatable bonds is 1. The lowest BCUT2D eigenvalue weighted by molar-refractivity contribution is 0.232. The lowest BCUT2D eigenvalue weighted by Gasteiger charge is -2.33. The van der Waals surface area contributed by atoms with Gasteiger partial charge < -0.3 is 10.2 Å². The Kier molecular flexibility index (Phi) is 5.86. The molecule has 2 heterocycles. The molecule has 110 valence electrons. The third-order valence-electron chi connectivity index (χ3n) is 3.81. The molecule has 0 atom stereocenters. The molecule has 0 unspecified atom stereocenters. The van der Waals surface area contributed by atoms with Gasteiger partial charge in [0.2, 0.25) is 0 Å². The van der Waals surface area contributed by atoms with Crippen LogP contribution in [-0.4, -0.2) is 30.6 Å². The second-order valence-electron chi connectivity index (χ2n) is 5.28. The number of halogens is 2. The Morgan fingerprint density at radius 1 is 1.30 bits per heavy atom. The second-order valence-corrected chi connectivity index (χ2v) is 5.72. The molecular formula is C16H22ClFN2. The van der Waals surface area contributed by atoms with Crippen LogP contribution in [0.15, 0.2) is 36.5 Å². The number of benzene rings is 1. The quantitative estimate of drug-likeness (QED) is 0.847. The van der Waals surface area contributed by atoms with E-state index in [4.69, 9.17) is 11.6 Å². The topological polar surface area (TPSA) is 15.3 Å². The molecule has 0 radical (unpaired) electrons. The number of nitrogens with one attached hydrogen (secondary N) is 1. The van der Waals surface area contributed by atoms with E-state index < -0.39 is 0 Å². The molecule has 0 saturated carbocycles. The molecule has 3 rings (SSSR count). The predicted molar refractivity (Wildman–Crippen MR) is 82.4 cm³/mol. The zero-order chi connectivity index (χ0) is 14.4. The minimum atomic E-state index is -0.294. The Hall–Kier alpha value is -1.06. The summed E-state index contributed by atoms with van der Waals surface area (Å²) in [5.74, 6) is -0.294. The SMILES string of the molecule is C=C1CCCN1C1CCNCC1.Fc1cccc(Cl)c1. The van der Waals surface area contributed by atoms with Crippen LogP contribution in [0.4, 0.5) is 4.39 Å². The first kappa shape index (κ1) is 15.3. The van der Waals surface area contributed by atoms with E-state index in [1.54, 1.807) is 12.1 Å². The smallest absolute Gasteiger partial charge is 0.124 e. The summed E-state index contributed by atoms with van der Waals surface area (Å²) in [6.07, 6.45) is 5.16. The van der Waals surface area contributed by atoms with E-state index in [1.165, 1.54) is 63.1 Å². The van der Waals surface area contributed by atoms with Crippen molar-refractivity contribution in [3.8, 4) is 0 Å². The summed E-state index contributed by atoms with van der Waals surface area (Å²) in [6, 6.07) is 6.61. The van der Waals surface area contributed by atoms with Crippen LogP contribution in [0, 0.1) is 5.82 Å². The molecule has 2 aliphatic heterocycles. The van der Waals surface area contributed by atoms with E-state index in [-0.39, 0.29) is 5.82 Å². The minimum absolute atomic E-state index is 0.294. The second kappa shape index (κ2) is 7.65. The largest absolute Gasteiger partial charge is 0.372 e. The number of likely N-dealkylation sites (tertiary alicyclic amines) is 1. The third kappa shape index (κ3) is 4.50. The molecule has 1 aromatic carbocycles. The van der Waals surface area contributed by atoms with Gasteiger partial charge in [0.25, 0.3) is 0 Å². The molecule has 20 heavy (non-hydrogen) atoms. The van der Waals surface area contributed by atoms with E-state index in [0.29, 0.717) is 5.02 Å². The summed E-state index contributed by atoms with van der Waals surface area (Å²) in [5, 5.41) is 3.83. The molecule has 1 N–H and O–H groups in total. The molecule has 2 fully saturated rings. The fourth-order valence-electron chi connectivity index (χ4n) is 2.77. The maximum absolute atomic E-state index is 12.1. The Labute approximate surface area is 125 Å². The van der Waals surface area contributed by atoms with Crippen LogP contribution in [0.3, 0.4) is 0 Å². The van der Waals surface area contributed by atoms with Gasteiger partial charge in [-0.15, -0.1) is 0 Å². The van der Waals surface area contributed by atoms with Crippen LogP contribution < -0.4 is 5.32 Å². The summed E-state index contributed by atoms with van der Waals surface area (Å²) < 4.78 is 12.1. The molecule has 0 amide bonds. The summed E-state index contributed by atoms with van der Waals surface area (Å²) in [4.78, 5) is 2.53. The van der Waals surface area contributed by atoms with Crippen LogP contribution in [0.25, 0.3) is 0 Å². The summed E-state index contributed by atoms with van der Waals surface area (Å²) in [5.41, 5.74) is 1.38. The van der Waals surface area contributed by atoms with E-state index in [2.05, 4.69) is 16.8 Å². The minimum Gasteiger partial charge on any atom is -0.372 e. The lowest BCUT2D eigenvalue weighted by Crippen LogP contribution is -2.40. The summed E-state index contributed by atoms with van der Waals surface area (Å²) in [7, 11) is 0. The van der Waals surface area contributed by atoms with E-state index in [9.17, 15) is 4.39 Å². The highest BCUT2D eigenvalue weighted by Crippen LogP contribution is 2.25. The number of allylic oxidation sites excluding steroid dienone is 1. The molecule has 0 aromatic heterocycles. The first-order chi connectivity index (χ1) is 9.66. The maximum Gasteiger partial charge on any atom is 0.124 e. The van der Waals surface area contributed by atoms with Crippen molar-refractivity contribution < 1.29 is 4.39 Å². The van der Waals surface area contributed by atoms with Crippen LogP contribution in [-0.2, 0) is 0 Å². The normalized spacial score (nSPS) is 19.7. The monoisotopic (exact) mass is 296 g/mol. The molecule has 4 heteroatoms. The standard InChI is InChI=1S/C10H18N2.C6H4ClF/c1-9-3-2-8-12(9)10-4-6-11-7-5-10;7-5-2-1-3-6(8)4-5/h10-11H,1-8H2;1-4H. The van der Waals surface area contributed by atoms with Gasteiger partial charge >= 0.3 is 0 Å². The van der Waals surface area contributed by atoms with Crippen LogP contribution in [0.2, 0.25) is 5.02 Å². The Morgan fingerprint density at radius 2 is 2.05 bits per heavy atom. The highest BCUT2D eigenvalue weighted by Gasteiger charge is 2.24. The molecule has 0 aliphatic carbocycles. The molecule has 2 saturated heterocycles. The van der Waals surface area contributed by atoms with Crippen molar-refractivity contribution >= 4 is 11.6 Å². The zero-order valence-corrected chi connectivity index (χ0v) is 12.5. The van der Waals surface area contributed by atoms with E-state index in [0.717, 1.165) is 6.04 Å². The number of hydrogen-bond acceptors (Lipinski definition) is 2. The van der Waals surface area contributed by atoms with Crippen LogP contribution >= 0.6 is 11.6 Å². The Balaban J connectivity index is 0.000000160. The highest BCUT2D eigenvalue weighted by molar-refractivity contribution is 6.30. The van der Waals surface area contributed by atoms with E-state index >= 15 is 0 Å². The maximum atomic E-state index is 12.1. The van der Waals surface area contributed by atoms with Crippen molar-refractivity contribution in [2.45, 2.75) is 31.7 Å². The van der Waals surface area contributed by atoms with Gasteiger partial charge in [-0.2, -0.15) is 0 Å². The Bertz CT molecular complexity index is 427. The van der Waals surface area contributed by atoms with Gasteiger partial charge in [-0.3, -0.25) is 0 Å². The fourth-order valence-corrected chi connectivity index (χ4v) is 2.95. The molecule has 1 aromatic rings. The van der Waals surface area contributed by atoms with Gasteiger partial charge in [0.05, 0.1) is 0 Å². The van der Waals surface area contributed by atoms with Crippen LogP contribution in [0.1, 0.15) is 25.7 Å². The first-order valence-corrected chi connectivity index (χ1v) is 7.61. The lowest BCUT2D eigenvalue weighted by atomic mass is 10.1. The number of nitrogens with zero attached hydrogens (tertiary/aromatic N) is 1. The Morgan fingerprint density at radius 3 is 2.55 bits per heavy atom. The van der Waals surface area contributed by atoms with Gasteiger partial charge in [0.1, 0.15) is 5.82 Å². The summed E-state index contributed by atoms with van der Waals surface area (Å²) >= 11 is 5.40. The molecule has 0 spiro atoms. The van der Waals surface area contributed by atoms with Crippen molar-refractivity contribution in [1.29, 1.82) is 0 Å². The van der Waals surface area contributed by atoms with Crippen molar-refractivity contribution in [2.75, 3.05) is 19.6 Å².